The molecular weight excluding hydrogens is 274 g/mol. The van der Waals surface area contributed by atoms with E-state index < -0.39 is 16.6 Å². The van der Waals surface area contributed by atoms with Crippen molar-refractivity contribution in [2.45, 2.75) is 26.4 Å². The second-order valence-electron chi connectivity index (χ2n) is 5.19. The van der Waals surface area contributed by atoms with Crippen LogP contribution < -0.4 is 11.1 Å². The van der Waals surface area contributed by atoms with Gasteiger partial charge < -0.3 is 15.8 Å². The Labute approximate surface area is 122 Å². The monoisotopic (exact) mass is 291 g/mol. The quantitative estimate of drug-likeness (QED) is 0.375. The molecule has 0 bridgehead atoms. The zero-order valence-corrected chi connectivity index (χ0v) is 12.1. The third-order valence-corrected chi connectivity index (χ3v) is 2.19. The third kappa shape index (κ3) is 5.82. The molecule has 1 amide bonds. The maximum absolute atomic E-state index is 11.4. The van der Waals surface area contributed by atoms with Crippen LogP contribution in [-0.4, -0.2) is 23.2 Å². The number of non-ortho nitro benzene ring substituents is 1. The maximum Gasteiger partial charge on any atom is 0.408 e. The molecule has 21 heavy (non-hydrogen) atoms. The van der Waals surface area contributed by atoms with Crippen LogP contribution in [-0.2, 0) is 4.74 Å². The summed E-state index contributed by atoms with van der Waals surface area (Å²) in [6.07, 6.45) is -0.580. The average Bonchev–Trinajstić information content (AvgIpc) is 2.34. The molecule has 0 saturated carbocycles. The van der Waals surface area contributed by atoms with Crippen LogP contribution in [0, 0.1) is 22.0 Å². The number of nitro groups is 1. The van der Waals surface area contributed by atoms with E-state index in [-0.39, 0.29) is 12.2 Å². The Morgan fingerprint density at radius 1 is 1.48 bits per heavy atom. The van der Waals surface area contributed by atoms with Crippen LogP contribution in [0.4, 0.5) is 16.2 Å². The van der Waals surface area contributed by atoms with E-state index in [0.29, 0.717) is 11.3 Å². The summed E-state index contributed by atoms with van der Waals surface area (Å²) in [7, 11) is 0. The smallest absolute Gasteiger partial charge is 0.408 e. The highest BCUT2D eigenvalue weighted by Crippen LogP contribution is 2.18. The van der Waals surface area contributed by atoms with Crippen molar-refractivity contribution in [3.8, 4) is 11.8 Å². The molecule has 0 radical (unpaired) electrons. The van der Waals surface area contributed by atoms with E-state index in [9.17, 15) is 14.9 Å². The molecule has 7 heteroatoms. The number of nitrogens with two attached hydrogens (primary N) is 1. The number of nitrogen functional groups attached to an aromatic ring is 1. The van der Waals surface area contributed by atoms with Crippen molar-refractivity contribution in [2.24, 2.45) is 0 Å². The number of nitrogens with one attached hydrogen (secondary N) is 1. The predicted molar refractivity (Wildman–Crippen MR) is 78.6 cm³/mol. The van der Waals surface area contributed by atoms with E-state index in [1.807, 2.05) is 0 Å². The lowest BCUT2D eigenvalue weighted by atomic mass is 10.1. The summed E-state index contributed by atoms with van der Waals surface area (Å²) >= 11 is 0. The van der Waals surface area contributed by atoms with Gasteiger partial charge in [-0.3, -0.25) is 10.1 Å². The Kier molecular flexibility index (Phi) is 5.13. The zero-order chi connectivity index (χ0) is 16.0. The first kappa shape index (κ1) is 16.3. The number of hydrogen-bond acceptors (Lipinski definition) is 5. The molecule has 0 heterocycles. The lowest BCUT2D eigenvalue weighted by Crippen LogP contribution is -2.32. The molecule has 0 saturated heterocycles. The summed E-state index contributed by atoms with van der Waals surface area (Å²) in [6.45, 7) is 5.31. The molecule has 7 nitrogen and oxygen atoms in total. The summed E-state index contributed by atoms with van der Waals surface area (Å²) < 4.78 is 5.03. The molecule has 0 fully saturated rings. The molecule has 0 spiro atoms. The number of rotatable bonds is 2. The van der Waals surface area contributed by atoms with E-state index in [2.05, 4.69) is 17.2 Å². The number of nitrogens with zero attached hydrogens (tertiary/aromatic N) is 1. The van der Waals surface area contributed by atoms with Gasteiger partial charge in [0.2, 0.25) is 0 Å². The van der Waals surface area contributed by atoms with Crippen LogP contribution in [0.25, 0.3) is 0 Å². The minimum absolute atomic E-state index is 0.0526. The van der Waals surface area contributed by atoms with E-state index in [0.717, 1.165) is 0 Å². The molecule has 0 aliphatic rings. The van der Waals surface area contributed by atoms with Gasteiger partial charge >= 0.3 is 6.09 Å². The van der Waals surface area contributed by atoms with Crippen LogP contribution in [0.2, 0.25) is 0 Å². The average molecular weight is 291 g/mol. The maximum atomic E-state index is 11.4. The van der Waals surface area contributed by atoms with Gasteiger partial charge in [0.05, 0.1) is 17.0 Å². The summed E-state index contributed by atoms with van der Waals surface area (Å²) in [5.74, 6) is 5.34. The number of benzene rings is 1. The van der Waals surface area contributed by atoms with Crippen molar-refractivity contribution >= 4 is 17.5 Å². The second kappa shape index (κ2) is 6.61. The van der Waals surface area contributed by atoms with E-state index >= 15 is 0 Å². The van der Waals surface area contributed by atoms with Crippen molar-refractivity contribution < 1.29 is 14.5 Å². The zero-order valence-electron chi connectivity index (χ0n) is 12.1. The van der Waals surface area contributed by atoms with Gasteiger partial charge in [0.15, 0.2) is 0 Å². The van der Waals surface area contributed by atoms with Gasteiger partial charge in [-0.15, -0.1) is 0 Å². The Balaban J connectivity index is 2.65. The lowest BCUT2D eigenvalue weighted by Gasteiger charge is -2.19. The van der Waals surface area contributed by atoms with Crippen molar-refractivity contribution in [1.29, 1.82) is 0 Å². The Hall–Kier alpha value is -2.75. The molecule has 1 rings (SSSR count). The fraction of sp³-hybridized carbons (Fsp3) is 0.357. The van der Waals surface area contributed by atoms with E-state index in [1.165, 1.54) is 18.2 Å². The number of hydrogen-bond donors (Lipinski definition) is 2. The molecule has 0 aromatic heterocycles. The first-order chi connectivity index (χ1) is 9.69. The minimum atomic E-state index is -0.581. The van der Waals surface area contributed by atoms with Crippen molar-refractivity contribution in [3.63, 3.8) is 0 Å². The summed E-state index contributed by atoms with van der Waals surface area (Å²) in [6, 6.07) is 4.01. The van der Waals surface area contributed by atoms with Crippen LogP contribution in [0.15, 0.2) is 18.2 Å². The highest BCUT2D eigenvalue weighted by Gasteiger charge is 2.15. The molecule has 3 N–H and O–H groups in total. The normalized spacial score (nSPS) is 10.2. The molecule has 0 aliphatic heterocycles. The van der Waals surface area contributed by atoms with Gasteiger partial charge in [0, 0.05) is 17.8 Å². The predicted octanol–water partition coefficient (Wildman–Crippen LogP) is 2.05. The van der Waals surface area contributed by atoms with Crippen LogP contribution in [0.1, 0.15) is 26.3 Å². The summed E-state index contributed by atoms with van der Waals surface area (Å²) in [5.41, 5.74) is 5.69. The summed E-state index contributed by atoms with van der Waals surface area (Å²) in [5, 5.41) is 13.1. The van der Waals surface area contributed by atoms with E-state index in [4.69, 9.17) is 10.5 Å². The van der Waals surface area contributed by atoms with Crippen LogP contribution in [0.3, 0.4) is 0 Å². The number of nitro benzene ring substituents is 1. The van der Waals surface area contributed by atoms with Crippen molar-refractivity contribution in [1.82, 2.24) is 5.32 Å². The highest BCUT2D eigenvalue weighted by molar-refractivity contribution is 5.68. The molecule has 0 atom stereocenters. The molecule has 1 aromatic carbocycles. The first-order valence-electron chi connectivity index (χ1n) is 6.18. The van der Waals surface area contributed by atoms with Crippen molar-refractivity contribution in [2.75, 3.05) is 12.3 Å². The Bertz CT molecular complexity index is 609. The number of ether oxygens (including phenoxy) is 1. The number of anilines is 1. The second-order valence-corrected chi connectivity index (χ2v) is 5.19. The first-order valence-corrected chi connectivity index (χ1v) is 6.18. The SMILES string of the molecule is CC(C)(C)OC(=O)NCC#Cc1cc([N+](=O)[O-])ccc1N. The Morgan fingerprint density at radius 3 is 2.71 bits per heavy atom. The highest BCUT2D eigenvalue weighted by atomic mass is 16.6. The minimum Gasteiger partial charge on any atom is -0.444 e. The molecule has 0 unspecified atom stereocenters. The fourth-order valence-corrected chi connectivity index (χ4v) is 1.34. The van der Waals surface area contributed by atoms with Gasteiger partial charge in [0.25, 0.3) is 5.69 Å². The number of amides is 1. The lowest BCUT2D eigenvalue weighted by molar-refractivity contribution is -0.384. The van der Waals surface area contributed by atoms with E-state index in [1.54, 1.807) is 20.8 Å². The molecular formula is C14H17N3O4. The van der Waals surface area contributed by atoms with Crippen molar-refractivity contribution in [3.05, 3.63) is 33.9 Å². The number of carbonyl (C=O) groups excluding carboxylic acids is 1. The fourth-order valence-electron chi connectivity index (χ4n) is 1.34. The number of alkyl carbamates (subject to hydrolysis) is 1. The van der Waals surface area contributed by atoms with Gasteiger partial charge in [-0.1, -0.05) is 11.8 Å². The molecule has 1 aromatic rings. The van der Waals surface area contributed by atoms with Gasteiger partial charge in [0.1, 0.15) is 5.60 Å². The van der Waals surface area contributed by atoms with Gasteiger partial charge in [-0.2, -0.15) is 0 Å². The topological polar surface area (TPSA) is 107 Å². The summed E-state index contributed by atoms with van der Waals surface area (Å²) in [4.78, 5) is 21.5. The standard InChI is InChI=1S/C14H17N3O4/c1-14(2,3)21-13(18)16-8-4-5-10-9-11(17(19)20)6-7-12(10)15/h6-7,9H,8,15H2,1-3H3,(H,16,18). The molecule has 112 valence electrons. The largest absolute Gasteiger partial charge is 0.444 e. The van der Waals surface area contributed by atoms with Crippen LogP contribution >= 0.6 is 0 Å². The third-order valence-electron chi connectivity index (χ3n) is 2.19. The number of carbonyl (C=O) groups is 1. The van der Waals surface area contributed by atoms with Gasteiger partial charge in [-0.05, 0) is 26.8 Å². The van der Waals surface area contributed by atoms with Crippen LogP contribution in [0.5, 0.6) is 0 Å². The van der Waals surface area contributed by atoms with Gasteiger partial charge in [-0.25, -0.2) is 4.79 Å². The molecule has 0 aliphatic carbocycles. The Morgan fingerprint density at radius 2 is 2.14 bits per heavy atom.